The van der Waals surface area contributed by atoms with Crippen LogP contribution in [0.2, 0.25) is 0 Å². The van der Waals surface area contributed by atoms with Gasteiger partial charge in [0.05, 0.1) is 13.4 Å². The van der Waals surface area contributed by atoms with Crippen LogP contribution in [0.3, 0.4) is 0 Å². The number of benzene rings is 1. The van der Waals surface area contributed by atoms with E-state index >= 15 is 0 Å². The second-order valence-electron chi connectivity index (χ2n) is 6.68. The van der Waals surface area contributed by atoms with Crippen LogP contribution in [0.1, 0.15) is 25.0 Å². The molecule has 0 saturated heterocycles. The van der Waals surface area contributed by atoms with Gasteiger partial charge in [-0.1, -0.05) is 17.7 Å². The average Bonchev–Trinajstić information content (AvgIpc) is 2.48. The Balaban J connectivity index is 2.54. The molecule has 3 N–H and O–H groups in total. The average molecular weight is 371 g/mol. The van der Waals surface area contributed by atoms with E-state index in [4.69, 9.17) is 4.74 Å². The molecular formula is C17H30N4O3S. The maximum Gasteiger partial charge on any atom is 0.209 e. The topological polar surface area (TPSA) is 91.8 Å². The van der Waals surface area contributed by atoms with Crippen LogP contribution in [0.25, 0.3) is 0 Å². The number of hydrogen-bond acceptors (Lipinski definition) is 4. The van der Waals surface area contributed by atoms with Gasteiger partial charge in [0.15, 0.2) is 5.96 Å². The van der Waals surface area contributed by atoms with E-state index in [0.29, 0.717) is 19.0 Å². The first-order chi connectivity index (χ1) is 11.6. The quantitative estimate of drug-likeness (QED) is 0.470. The Hall–Kier alpha value is -1.80. The van der Waals surface area contributed by atoms with Gasteiger partial charge in [-0.3, -0.25) is 4.99 Å². The lowest BCUT2D eigenvalue weighted by Gasteiger charge is -2.26. The van der Waals surface area contributed by atoms with Crippen molar-refractivity contribution in [3.63, 3.8) is 0 Å². The van der Waals surface area contributed by atoms with Gasteiger partial charge in [-0.15, -0.1) is 0 Å². The molecule has 0 amide bonds. The molecule has 0 aliphatic carbocycles. The van der Waals surface area contributed by atoms with Gasteiger partial charge in [-0.05, 0) is 38.8 Å². The highest BCUT2D eigenvalue weighted by Gasteiger charge is 2.22. The third-order valence-electron chi connectivity index (χ3n) is 3.51. The number of ether oxygens (including phenoxy) is 1. The number of hydrogen-bond donors (Lipinski definition) is 3. The van der Waals surface area contributed by atoms with Crippen LogP contribution in [0.15, 0.2) is 23.2 Å². The Morgan fingerprint density at radius 3 is 2.52 bits per heavy atom. The van der Waals surface area contributed by atoms with Crippen LogP contribution in [0.4, 0.5) is 0 Å². The third kappa shape index (κ3) is 8.22. The van der Waals surface area contributed by atoms with E-state index in [1.165, 1.54) is 5.56 Å². The van der Waals surface area contributed by atoms with Crippen LogP contribution in [-0.2, 0) is 16.4 Å². The van der Waals surface area contributed by atoms with Gasteiger partial charge >= 0.3 is 0 Å². The maximum atomic E-state index is 11.4. The normalized spacial score (nSPS) is 12.8. The predicted octanol–water partition coefficient (Wildman–Crippen LogP) is 1.04. The fourth-order valence-electron chi connectivity index (χ4n) is 2.48. The third-order valence-corrected chi connectivity index (χ3v) is 4.43. The number of aliphatic imine (C=N–C) groups is 1. The first-order valence-corrected chi connectivity index (χ1v) is 10.0. The standard InChI is InChI=1S/C17H30N4O3S/c1-13-7-8-15(24-5)14(11-13)9-10-19-16(18-4)20-12-17(2,3)21-25(6,22)23/h7-8,11,21H,9-10,12H2,1-6H3,(H2,18,19,20). The van der Waals surface area contributed by atoms with E-state index in [-0.39, 0.29) is 0 Å². The Morgan fingerprint density at radius 1 is 1.28 bits per heavy atom. The van der Waals surface area contributed by atoms with Crippen molar-refractivity contribution in [2.24, 2.45) is 4.99 Å². The SMILES string of the molecule is CN=C(NCCc1cc(C)ccc1OC)NCC(C)(C)NS(C)(=O)=O. The van der Waals surface area contributed by atoms with E-state index in [2.05, 4.69) is 26.4 Å². The molecule has 0 spiro atoms. The summed E-state index contributed by atoms with van der Waals surface area (Å²) in [6.07, 6.45) is 1.94. The highest BCUT2D eigenvalue weighted by molar-refractivity contribution is 7.88. The van der Waals surface area contributed by atoms with Crippen LogP contribution in [0.5, 0.6) is 5.75 Å². The van der Waals surface area contributed by atoms with Gasteiger partial charge in [0.25, 0.3) is 0 Å². The van der Waals surface area contributed by atoms with Gasteiger partial charge in [0.2, 0.25) is 10.0 Å². The molecule has 0 heterocycles. The van der Waals surface area contributed by atoms with E-state index < -0.39 is 15.6 Å². The second kappa shape index (κ2) is 9.05. The zero-order valence-corrected chi connectivity index (χ0v) is 16.8. The summed E-state index contributed by atoms with van der Waals surface area (Å²) in [6.45, 7) is 6.76. The summed E-state index contributed by atoms with van der Waals surface area (Å²) in [4.78, 5) is 4.16. The summed E-state index contributed by atoms with van der Waals surface area (Å²) in [6, 6.07) is 6.10. The summed E-state index contributed by atoms with van der Waals surface area (Å²) in [5, 5.41) is 6.37. The van der Waals surface area contributed by atoms with E-state index in [9.17, 15) is 8.42 Å². The summed E-state index contributed by atoms with van der Waals surface area (Å²) in [7, 11) is 0.0804. The zero-order chi connectivity index (χ0) is 19.1. The summed E-state index contributed by atoms with van der Waals surface area (Å²) >= 11 is 0. The first-order valence-electron chi connectivity index (χ1n) is 8.13. The van der Waals surface area contributed by atoms with Crippen LogP contribution in [0, 0.1) is 6.92 Å². The molecule has 0 radical (unpaired) electrons. The zero-order valence-electron chi connectivity index (χ0n) is 15.9. The van der Waals surface area contributed by atoms with Gasteiger partial charge in [-0.25, -0.2) is 13.1 Å². The van der Waals surface area contributed by atoms with E-state index in [1.807, 2.05) is 32.9 Å². The van der Waals surface area contributed by atoms with Gasteiger partial charge in [-0.2, -0.15) is 0 Å². The Bertz CT molecular complexity index is 700. The molecule has 0 aliphatic rings. The highest BCUT2D eigenvalue weighted by atomic mass is 32.2. The molecule has 1 aromatic rings. The van der Waals surface area contributed by atoms with Gasteiger partial charge in [0, 0.05) is 25.7 Å². The van der Waals surface area contributed by atoms with Crippen molar-refractivity contribution >= 4 is 16.0 Å². The number of guanidine groups is 1. The molecule has 0 atom stereocenters. The molecule has 0 aromatic heterocycles. The molecule has 25 heavy (non-hydrogen) atoms. The maximum absolute atomic E-state index is 11.4. The first kappa shape index (κ1) is 21.2. The summed E-state index contributed by atoms with van der Waals surface area (Å²) in [5.74, 6) is 1.49. The second-order valence-corrected chi connectivity index (χ2v) is 8.42. The lowest BCUT2D eigenvalue weighted by atomic mass is 10.1. The van der Waals surface area contributed by atoms with E-state index in [1.54, 1.807) is 14.2 Å². The van der Waals surface area contributed by atoms with Gasteiger partial charge < -0.3 is 15.4 Å². The fraction of sp³-hybridized carbons (Fsp3) is 0.588. The Labute approximate surface area is 151 Å². The molecule has 8 heteroatoms. The number of rotatable bonds is 8. The van der Waals surface area contributed by atoms with Gasteiger partial charge in [0.1, 0.15) is 5.75 Å². The lowest BCUT2D eigenvalue weighted by molar-refractivity contribution is 0.409. The van der Waals surface area contributed by atoms with Crippen molar-refractivity contribution < 1.29 is 13.2 Å². The van der Waals surface area contributed by atoms with Crippen molar-refractivity contribution in [2.75, 3.05) is 33.5 Å². The van der Waals surface area contributed by atoms with Crippen molar-refractivity contribution in [3.05, 3.63) is 29.3 Å². The molecule has 1 rings (SSSR count). The summed E-state index contributed by atoms with van der Waals surface area (Å²) in [5.41, 5.74) is 1.70. The molecule has 7 nitrogen and oxygen atoms in total. The van der Waals surface area contributed by atoms with E-state index in [0.717, 1.165) is 24.0 Å². The molecule has 1 aromatic carbocycles. The fourth-order valence-corrected chi connectivity index (χ4v) is 3.56. The lowest BCUT2D eigenvalue weighted by Crippen LogP contribution is -2.53. The monoisotopic (exact) mass is 370 g/mol. The number of nitrogens with one attached hydrogen (secondary N) is 3. The number of sulfonamides is 1. The minimum Gasteiger partial charge on any atom is -0.496 e. The molecule has 0 bridgehead atoms. The largest absolute Gasteiger partial charge is 0.496 e. The smallest absolute Gasteiger partial charge is 0.209 e. The molecule has 0 fully saturated rings. The molecular weight excluding hydrogens is 340 g/mol. The summed E-state index contributed by atoms with van der Waals surface area (Å²) < 4.78 is 30.7. The van der Waals surface area contributed by atoms with Crippen molar-refractivity contribution in [2.45, 2.75) is 32.7 Å². The Kier molecular flexibility index (Phi) is 7.69. The highest BCUT2D eigenvalue weighted by Crippen LogP contribution is 2.19. The molecule has 142 valence electrons. The van der Waals surface area contributed by atoms with Crippen LogP contribution >= 0.6 is 0 Å². The molecule has 0 unspecified atom stereocenters. The van der Waals surface area contributed by atoms with Crippen molar-refractivity contribution in [3.8, 4) is 5.75 Å². The predicted molar refractivity (Wildman–Crippen MR) is 103 cm³/mol. The minimum absolute atomic E-state index is 0.410. The minimum atomic E-state index is -3.27. The molecule has 0 aliphatic heterocycles. The van der Waals surface area contributed by atoms with Crippen LogP contribution < -0.4 is 20.1 Å². The van der Waals surface area contributed by atoms with Crippen molar-refractivity contribution in [1.82, 2.24) is 15.4 Å². The Morgan fingerprint density at radius 2 is 1.96 bits per heavy atom. The molecule has 0 saturated carbocycles. The number of nitrogens with zero attached hydrogens (tertiary/aromatic N) is 1. The number of methoxy groups -OCH3 is 1. The van der Waals surface area contributed by atoms with Crippen molar-refractivity contribution in [1.29, 1.82) is 0 Å². The number of aryl methyl sites for hydroxylation is 1. The van der Waals surface area contributed by atoms with Crippen LogP contribution in [-0.4, -0.2) is 53.4 Å².